The lowest BCUT2D eigenvalue weighted by molar-refractivity contribution is -0.274. The van der Waals surface area contributed by atoms with Crippen molar-refractivity contribution < 1.29 is 17.9 Å². The Morgan fingerprint density at radius 1 is 1.15 bits per heavy atom. The van der Waals surface area contributed by atoms with Gasteiger partial charge in [0, 0.05) is 0 Å². The van der Waals surface area contributed by atoms with Gasteiger partial charge in [-0.05, 0) is 29.8 Å². The Labute approximate surface area is 151 Å². The largest absolute Gasteiger partial charge is 0.573 e. The molecule has 27 heavy (non-hydrogen) atoms. The van der Waals surface area contributed by atoms with Crippen molar-refractivity contribution in [2.75, 3.05) is 5.32 Å². The number of para-hydroxylation sites is 2. The third-order valence-corrected chi connectivity index (χ3v) is 4.21. The SMILES string of the molecule is N#CC1=C(N)n2c(nc3ccccc32)NC1c1ccc(OC(F)(F)F)cc1. The average molecular weight is 371 g/mol. The second-order valence-corrected chi connectivity index (χ2v) is 5.86. The molecule has 1 aliphatic rings. The predicted octanol–water partition coefficient (Wildman–Crippen LogP) is 3.75. The van der Waals surface area contributed by atoms with Crippen LogP contribution in [-0.2, 0) is 0 Å². The topological polar surface area (TPSA) is 88.9 Å². The van der Waals surface area contributed by atoms with Crippen LogP contribution >= 0.6 is 0 Å². The van der Waals surface area contributed by atoms with Crippen molar-refractivity contribution >= 4 is 22.8 Å². The number of nitrogens with zero attached hydrogens (tertiary/aromatic N) is 3. The van der Waals surface area contributed by atoms with E-state index in [-0.39, 0.29) is 17.1 Å². The molecule has 136 valence electrons. The van der Waals surface area contributed by atoms with Gasteiger partial charge >= 0.3 is 6.36 Å². The molecule has 2 heterocycles. The zero-order valence-corrected chi connectivity index (χ0v) is 13.7. The van der Waals surface area contributed by atoms with Crippen molar-refractivity contribution in [3.8, 4) is 11.8 Å². The van der Waals surface area contributed by atoms with E-state index in [0.717, 1.165) is 5.52 Å². The highest BCUT2D eigenvalue weighted by Crippen LogP contribution is 2.36. The van der Waals surface area contributed by atoms with Gasteiger partial charge in [0.05, 0.1) is 22.6 Å². The minimum Gasteiger partial charge on any atom is -0.406 e. The van der Waals surface area contributed by atoms with Gasteiger partial charge in [0.15, 0.2) is 0 Å². The second kappa shape index (κ2) is 5.95. The third-order valence-electron chi connectivity index (χ3n) is 4.21. The molecule has 1 aromatic heterocycles. The van der Waals surface area contributed by atoms with E-state index in [0.29, 0.717) is 17.0 Å². The van der Waals surface area contributed by atoms with Gasteiger partial charge < -0.3 is 15.8 Å². The smallest absolute Gasteiger partial charge is 0.406 e. The molecule has 1 aliphatic heterocycles. The molecule has 0 spiro atoms. The van der Waals surface area contributed by atoms with Crippen molar-refractivity contribution in [2.24, 2.45) is 5.73 Å². The molecule has 6 nitrogen and oxygen atoms in total. The number of hydrogen-bond acceptors (Lipinski definition) is 5. The van der Waals surface area contributed by atoms with E-state index < -0.39 is 12.4 Å². The van der Waals surface area contributed by atoms with Crippen LogP contribution in [0.5, 0.6) is 5.75 Å². The molecule has 3 N–H and O–H groups in total. The summed E-state index contributed by atoms with van der Waals surface area (Å²) in [7, 11) is 0. The monoisotopic (exact) mass is 371 g/mol. The van der Waals surface area contributed by atoms with E-state index >= 15 is 0 Å². The Balaban J connectivity index is 1.75. The predicted molar refractivity (Wildman–Crippen MR) is 92.2 cm³/mol. The van der Waals surface area contributed by atoms with Crippen LogP contribution < -0.4 is 15.8 Å². The first kappa shape index (κ1) is 16.8. The molecule has 2 aromatic carbocycles. The summed E-state index contributed by atoms with van der Waals surface area (Å²) in [5.74, 6) is 0.332. The number of benzene rings is 2. The minimum atomic E-state index is -4.77. The number of aromatic nitrogens is 2. The fraction of sp³-hybridized carbons (Fsp3) is 0.111. The highest BCUT2D eigenvalue weighted by atomic mass is 19.4. The van der Waals surface area contributed by atoms with Crippen LogP contribution in [-0.4, -0.2) is 15.9 Å². The molecule has 1 unspecified atom stereocenters. The standard InChI is InChI=1S/C18H12F3N5O/c19-18(20,21)27-11-7-5-10(6-8-11)15-12(9-22)16(23)26-14-4-2-1-3-13(14)24-17(26)25-15/h1-8,15H,23H2,(H,24,25). The minimum absolute atomic E-state index is 0.223. The Hall–Kier alpha value is -3.67. The van der Waals surface area contributed by atoms with Crippen molar-refractivity contribution in [1.82, 2.24) is 9.55 Å². The molecule has 0 bridgehead atoms. The maximum absolute atomic E-state index is 12.3. The molecule has 0 radical (unpaired) electrons. The Morgan fingerprint density at radius 2 is 1.85 bits per heavy atom. The van der Waals surface area contributed by atoms with Crippen LogP contribution in [0, 0.1) is 11.3 Å². The highest BCUT2D eigenvalue weighted by molar-refractivity contribution is 5.85. The summed E-state index contributed by atoms with van der Waals surface area (Å²) in [6, 6.07) is 14.0. The first-order valence-electron chi connectivity index (χ1n) is 7.87. The number of fused-ring (bicyclic) bond motifs is 3. The molecule has 1 atom stereocenters. The van der Waals surface area contributed by atoms with E-state index in [1.54, 1.807) is 4.57 Å². The van der Waals surface area contributed by atoms with Crippen LogP contribution in [0.3, 0.4) is 0 Å². The molecule has 0 amide bonds. The first-order valence-corrected chi connectivity index (χ1v) is 7.87. The number of nitriles is 1. The van der Waals surface area contributed by atoms with Crippen LogP contribution in [0.15, 0.2) is 54.1 Å². The normalized spacial score (nSPS) is 16.6. The number of alkyl halides is 3. The van der Waals surface area contributed by atoms with Gasteiger partial charge in [-0.15, -0.1) is 13.2 Å². The van der Waals surface area contributed by atoms with Crippen molar-refractivity contribution in [3.05, 3.63) is 59.7 Å². The molecule has 0 fully saturated rings. The molecule has 0 saturated carbocycles. The second-order valence-electron chi connectivity index (χ2n) is 5.86. The number of anilines is 1. The zero-order chi connectivity index (χ0) is 19.2. The molecule has 4 rings (SSSR count). The summed E-state index contributed by atoms with van der Waals surface area (Å²) in [6.45, 7) is 0. The Kier molecular flexibility index (Phi) is 3.70. The number of rotatable bonds is 2. The van der Waals surface area contributed by atoms with Gasteiger partial charge in [-0.25, -0.2) is 4.98 Å². The fourth-order valence-corrected chi connectivity index (χ4v) is 3.07. The molecular formula is C18H12F3N5O. The van der Waals surface area contributed by atoms with Gasteiger partial charge in [-0.1, -0.05) is 24.3 Å². The molecule has 0 aliphatic carbocycles. The maximum Gasteiger partial charge on any atom is 0.573 e. The summed E-state index contributed by atoms with van der Waals surface area (Å²) in [4.78, 5) is 4.47. The molecule has 3 aromatic rings. The van der Waals surface area contributed by atoms with Gasteiger partial charge in [0.25, 0.3) is 0 Å². The average Bonchev–Trinajstić information content (AvgIpc) is 2.99. The first-order chi connectivity index (χ1) is 12.9. The van der Waals surface area contributed by atoms with Crippen LogP contribution in [0.1, 0.15) is 11.6 Å². The van der Waals surface area contributed by atoms with E-state index in [1.807, 2.05) is 24.3 Å². The summed E-state index contributed by atoms with van der Waals surface area (Å²) in [5.41, 5.74) is 8.47. The summed E-state index contributed by atoms with van der Waals surface area (Å²) < 4.78 is 42.5. The number of nitrogens with two attached hydrogens (primary N) is 1. The third kappa shape index (κ3) is 2.91. The lowest BCUT2D eigenvalue weighted by Crippen LogP contribution is -2.26. The number of imidazole rings is 1. The van der Waals surface area contributed by atoms with E-state index in [1.165, 1.54) is 24.3 Å². The van der Waals surface area contributed by atoms with Crippen LogP contribution in [0.4, 0.5) is 19.1 Å². The number of nitrogens with one attached hydrogen (secondary N) is 1. The van der Waals surface area contributed by atoms with Gasteiger partial charge in [0.2, 0.25) is 5.95 Å². The van der Waals surface area contributed by atoms with Gasteiger partial charge in [0.1, 0.15) is 17.6 Å². The lowest BCUT2D eigenvalue weighted by atomic mass is 9.98. The fourth-order valence-electron chi connectivity index (χ4n) is 3.07. The van der Waals surface area contributed by atoms with Gasteiger partial charge in [-0.2, -0.15) is 5.26 Å². The summed E-state index contributed by atoms with van der Waals surface area (Å²) in [6.07, 6.45) is -4.77. The van der Waals surface area contributed by atoms with Crippen molar-refractivity contribution in [3.63, 3.8) is 0 Å². The molecule has 9 heteroatoms. The summed E-state index contributed by atoms with van der Waals surface area (Å²) >= 11 is 0. The van der Waals surface area contributed by atoms with Crippen LogP contribution in [0.2, 0.25) is 0 Å². The quantitative estimate of drug-likeness (QED) is 0.716. The molecule has 0 saturated heterocycles. The Morgan fingerprint density at radius 3 is 2.52 bits per heavy atom. The number of halogens is 3. The maximum atomic E-state index is 12.3. The summed E-state index contributed by atoms with van der Waals surface area (Å²) in [5, 5.41) is 12.7. The van der Waals surface area contributed by atoms with Gasteiger partial charge in [-0.3, -0.25) is 4.57 Å². The number of ether oxygens (including phenoxy) is 1. The van der Waals surface area contributed by atoms with E-state index in [4.69, 9.17) is 5.73 Å². The number of hydrogen-bond donors (Lipinski definition) is 2. The Bertz CT molecular complexity index is 1090. The van der Waals surface area contributed by atoms with E-state index in [2.05, 4.69) is 21.1 Å². The van der Waals surface area contributed by atoms with E-state index in [9.17, 15) is 18.4 Å². The lowest BCUT2D eigenvalue weighted by Gasteiger charge is -2.26. The zero-order valence-electron chi connectivity index (χ0n) is 13.7. The van der Waals surface area contributed by atoms with Crippen molar-refractivity contribution in [2.45, 2.75) is 12.4 Å². The van der Waals surface area contributed by atoms with Crippen LogP contribution in [0.25, 0.3) is 16.9 Å². The highest BCUT2D eigenvalue weighted by Gasteiger charge is 2.32. The molecular weight excluding hydrogens is 359 g/mol. The van der Waals surface area contributed by atoms with Crippen molar-refractivity contribution in [1.29, 1.82) is 5.26 Å².